The number of aliphatic hydroxyl groups is 1. The molecule has 1 aliphatic rings. The summed E-state index contributed by atoms with van der Waals surface area (Å²) in [6, 6.07) is 11.9. The molecular weight excluding hydrogens is 371 g/mol. The fourth-order valence-corrected chi connectivity index (χ4v) is 4.39. The summed E-state index contributed by atoms with van der Waals surface area (Å²) in [6.07, 6.45) is 0.758. The number of aromatic nitrogens is 4. The van der Waals surface area contributed by atoms with Crippen LogP contribution in [0.2, 0.25) is 0 Å². The van der Waals surface area contributed by atoms with Crippen LogP contribution in [0.5, 0.6) is 0 Å². The number of fused-ring (bicyclic) bond motifs is 2. The van der Waals surface area contributed by atoms with E-state index in [0.29, 0.717) is 21.6 Å². The van der Waals surface area contributed by atoms with Crippen molar-refractivity contribution in [2.45, 2.75) is 16.4 Å². The number of thiophene rings is 1. The highest BCUT2D eigenvalue weighted by molar-refractivity contribution is 7.99. The first-order chi connectivity index (χ1) is 12.7. The maximum absolute atomic E-state index is 13.1. The number of aliphatic hydroxyl groups excluding tert-OH is 1. The van der Waals surface area contributed by atoms with Crippen LogP contribution in [0.15, 0.2) is 64.2 Å². The predicted octanol–water partition coefficient (Wildman–Crippen LogP) is 4.21. The Bertz CT molecular complexity index is 1090. The Kier molecular flexibility index (Phi) is 3.63. The Hall–Kier alpha value is -2.55. The Labute approximate surface area is 156 Å². The zero-order valence-corrected chi connectivity index (χ0v) is 14.8. The molecule has 3 aromatic heterocycles. The summed E-state index contributed by atoms with van der Waals surface area (Å²) in [6.45, 7) is 0. The van der Waals surface area contributed by atoms with Crippen molar-refractivity contribution in [1.82, 2.24) is 19.7 Å². The molecule has 0 aliphatic carbocycles. The minimum absolute atomic E-state index is 0.288. The van der Waals surface area contributed by atoms with Gasteiger partial charge in [-0.1, -0.05) is 18.2 Å². The lowest BCUT2D eigenvalue weighted by Gasteiger charge is -2.21. The number of rotatable bonds is 2. The van der Waals surface area contributed by atoms with E-state index in [0.717, 1.165) is 16.0 Å². The van der Waals surface area contributed by atoms with Crippen LogP contribution in [-0.2, 0) is 0 Å². The molecule has 26 heavy (non-hydrogen) atoms. The van der Waals surface area contributed by atoms with Gasteiger partial charge in [-0.05, 0) is 47.0 Å². The molecule has 4 aromatic rings. The predicted molar refractivity (Wildman–Crippen MR) is 97.4 cm³/mol. The fourth-order valence-electron chi connectivity index (χ4n) is 2.81. The van der Waals surface area contributed by atoms with Gasteiger partial charge in [0.2, 0.25) is 0 Å². The molecule has 1 atom stereocenters. The van der Waals surface area contributed by atoms with Crippen molar-refractivity contribution in [3.8, 4) is 21.8 Å². The Morgan fingerprint density at radius 1 is 1.12 bits per heavy atom. The van der Waals surface area contributed by atoms with E-state index in [1.807, 2.05) is 23.6 Å². The molecule has 0 fully saturated rings. The van der Waals surface area contributed by atoms with Gasteiger partial charge in [-0.25, -0.2) is 14.1 Å². The van der Waals surface area contributed by atoms with Gasteiger partial charge in [-0.15, -0.1) is 16.4 Å². The first kappa shape index (κ1) is 15.7. The number of benzene rings is 1. The first-order valence-electron chi connectivity index (χ1n) is 7.81. The molecule has 1 aliphatic heterocycles. The lowest BCUT2D eigenvalue weighted by molar-refractivity contribution is 0.115. The molecule has 0 spiro atoms. The van der Waals surface area contributed by atoms with Gasteiger partial charge in [0.15, 0.2) is 17.2 Å². The van der Waals surface area contributed by atoms with Crippen molar-refractivity contribution in [2.75, 3.05) is 0 Å². The summed E-state index contributed by atoms with van der Waals surface area (Å²) in [7, 11) is 0. The van der Waals surface area contributed by atoms with Crippen molar-refractivity contribution in [2.24, 2.45) is 0 Å². The molecule has 0 bridgehead atoms. The molecule has 8 heteroatoms. The molecule has 0 amide bonds. The Balaban J connectivity index is 1.55. The lowest BCUT2D eigenvalue weighted by Crippen LogP contribution is -2.18. The molecule has 5 rings (SSSR count). The Morgan fingerprint density at radius 2 is 1.96 bits per heavy atom. The van der Waals surface area contributed by atoms with Crippen LogP contribution in [0.25, 0.3) is 21.8 Å². The maximum atomic E-state index is 13.1. The molecular formula is C18H11FN4OS2. The van der Waals surface area contributed by atoms with Crippen molar-refractivity contribution in [3.05, 3.63) is 65.4 Å². The largest absolute Gasteiger partial charge is 0.368 e. The third-order valence-electron chi connectivity index (χ3n) is 4.10. The minimum Gasteiger partial charge on any atom is -0.368 e. The molecule has 1 N–H and O–H groups in total. The van der Waals surface area contributed by atoms with Gasteiger partial charge in [0.25, 0.3) is 0 Å². The maximum Gasteiger partial charge on any atom is 0.195 e. The lowest BCUT2D eigenvalue weighted by atomic mass is 10.1. The van der Waals surface area contributed by atoms with Gasteiger partial charge in [0, 0.05) is 17.3 Å². The summed E-state index contributed by atoms with van der Waals surface area (Å²) >= 11 is 2.92. The average Bonchev–Trinajstić information content (AvgIpc) is 3.32. The van der Waals surface area contributed by atoms with Crippen molar-refractivity contribution in [3.63, 3.8) is 0 Å². The van der Waals surface area contributed by atoms with Crippen LogP contribution >= 0.6 is 23.1 Å². The highest BCUT2D eigenvalue weighted by atomic mass is 32.2. The van der Waals surface area contributed by atoms with E-state index in [1.54, 1.807) is 29.7 Å². The topological polar surface area (TPSA) is 63.8 Å². The van der Waals surface area contributed by atoms with E-state index >= 15 is 0 Å². The van der Waals surface area contributed by atoms with Gasteiger partial charge < -0.3 is 5.11 Å². The molecule has 1 unspecified atom stereocenters. The monoisotopic (exact) mass is 382 g/mol. The number of pyridine rings is 1. The van der Waals surface area contributed by atoms with E-state index in [2.05, 4.69) is 15.1 Å². The number of hydrogen-bond acceptors (Lipinski definition) is 6. The van der Waals surface area contributed by atoms with Crippen LogP contribution in [0.3, 0.4) is 0 Å². The smallest absolute Gasteiger partial charge is 0.195 e. The first-order valence-corrected chi connectivity index (χ1v) is 9.51. The molecule has 0 saturated heterocycles. The average molecular weight is 382 g/mol. The van der Waals surface area contributed by atoms with E-state index in [1.165, 1.54) is 28.6 Å². The molecule has 1 aromatic carbocycles. The van der Waals surface area contributed by atoms with Crippen molar-refractivity contribution in [1.29, 1.82) is 0 Å². The van der Waals surface area contributed by atoms with E-state index in [9.17, 15) is 9.50 Å². The van der Waals surface area contributed by atoms with Crippen molar-refractivity contribution < 1.29 is 9.50 Å². The summed E-state index contributed by atoms with van der Waals surface area (Å²) in [5.41, 5.74) is 2.31. The van der Waals surface area contributed by atoms with Gasteiger partial charge in [-0.2, -0.15) is 4.98 Å². The Morgan fingerprint density at radius 3 is 2.73 bits per heavy atom. The molecule has 128 valence electrons. The van der Waals surface area contributed by atoms with Gasteiger partial charge in [0.05, 0.1) is 4.88 Å². The van der Waals surface area contributed by atoms with E-state index < -0.39 is 6.23 Å². The third-order valence-corrected chi connectivity index (χ3v) is 5.96. The van der Waals surface area contributed by atoms with Crippen LogP contribution in [0, 0.1) is 5.82 Å². The second kappa shape index (κ2) is 6.01. The van der Waals surface area contributed by atoms with Gasteiger partial charge in [-0.3, -0.25) is 0 Å². The number of hydrogen-bond donors (Lipinski definition) is 1. The van der Waals surface area contributed by atoms with Crippen LogP contribution < -0.4 is 0 Å². The summed E-state index contributed by atoms with van der Waals surface area (Å²) < 4.78 is 14.7. The zero-order chi connectivity index (χ0) is 17.7. The van der Waals surface area contributed by atoms with Crippen LogP contribution in [0.4, 0.5) is 4.39 Å². The number of nitrogens with zero attached hydrogens (tertiary/aromatic N) is 4. The third kappa shape index (κ3) is 2.54. The van der Waals surface area contributed by atoms with Gasteiger partial charge >= 0.3 is 0 Å². The summed E-state index contributed by atoms with van der Waals surface area (Å²) in [5, 5.41) is 18.5. The highest BCUT2D eigenvalue weighted by Gasteiger charge is 2.29. The molecule has 5 nitrogen and oxygen atoms in total. The van der Waals surface area contributed by atoms with E-state index in [4.69, 9.17) is 0 Å². The van der Waals surface area contributed by atoms with Crippen LogP contribution in [-0.4, -0.2) is 24.9 Å². The quantitative estimate of drug-likeness (QED) is 0.563. The minimum atomic E-state index is -0.963. The summed E-state index contributed by atoms with van der Waals surface area (Å²) in [4.78, 5) is 9.93. The van der Waals surface area contributed by atoms with E-state index in [-0.39, 0.29) is 5.82 Å². The zero-order valence-electron chi connectivity index (χ0n) is 13.2. The normalized spacial score (nSPS) is 15.5. The van der Waals surface area contributed by atoms with Crippen LogP contribution in [0.1, 0.15) is 11.8 Å². The highest BCUT2D eigenvalue weighted by Crippen LogP contribution is 2.40. The second-order valence-electron chi connectivity index (χ2n) is 5.74. The van der Waals surface area contributed by atoms with Crippen molar-refractivity contribution >= 4 is 23.1 Å². The standard InChI is InChI=1S/C18H11FN4OS2/c19-12-5-3-10(4-6-12)11-8-13-16(20-9-11)26-18-21-15(14-2-1-7-25-14)22-23(18)17(13)24/h1-9,17,24H. The fraction of sp³-hybridized carbons (Fsp3) is 0.0556. The second-order valence-corrected chi connectivity index (χ2v) is 7.64. The van der Waals surface area contributed by atoms with Gasteiger partial charge in [0.1, 0.15) is 10.8 Å². The molecule has 0 radical (unpaired) electrons. The molecule has 4 heterocycles. The summed E-state index contributed by atoms with van der Waals surface area (Å²) in [5.74, 6) is 0.303. The number of halogens is 1. The molecule has 0 saturated carbocycles. The SMILES string of the molecule is OC1c2cc(-c3ccc(F)cc3)cnc2Sc2nc(-c3cccs3)nn21.